The molecule has 2 amide bonds. The van der Waals surface area contributed by atoms with Gasteiger partial charge in [0.25, 0.3) is 0 Å². The van der Waals surface area contributed by atoms with Crippen LogP contribution in [0.2, 0.25) is 0 Å². The number of ketones is 1. The van der Waals surface area contributed by atoms with Gasteiger partial charge in [-0.2, -0.15) is 4.90 Å². The molecule has 28 heavy (non-hydrogen) atoms. The fraction of sp³-hybridized carbons (Fsp3) is 0.476. The Balaban J connectivity index is 3.47. The lowest BCUT2D eigenvalue weighted by molar-refractivity contribution is 0.00753. The first kappa shape index (κ1) is 23.2. The number of benzene rings is 1. The molecule has 0 bridgehead atoms. The van der Waals surface area contributed by atoms with Crippen molar-refractivity contribution in [1.29, 1.82) is 0 Å². The van der Waals surface area contributed by atoms with E-state index in [9.17, 15) is 14.4 Å². The number of hydrogen-bond donors (Lipinski definition) is 0. The smallest absolute Gasteiger partial charge is 0.424 e. The fourth-order valence-electron chi connectivity index (χ4n) is 2.09. The summed E-state index contributed by atoms with van der Waals surface area (Å²) < 4.78 is 10.7. The van der Waals surface area contributed by atoms with Crippen LogP contribution in [0.25, 0.3) is 0 Å². The summed E-state index contributed by atoms with van der Waals surface area (Å²) in [5, 5.41) is 0. The van der Waals surface area contributed by atoms with Crippen LogP contribution in [0.3, 0.4) is 0 Å². The van der Waals surface area contributed by atoms with Gasteiger partial charge in [0.05, 0.1) is 0 Å². The van der Waals surface area contributed by atoms with Gasteiger partial charge >= 0.3 is 12.2 Å². The topological polar surface area (TPSA) is 76.2 Å². The van der Waals surface area contributed by atoms with Crippen LogP contribution in [0.15, 0.2) is 42.2 Å². The highest BCUT2D eigenvalue weighted by Gasteiger charge is 2.37. The van der Waals surface area contributed by atoms with Gasteiger partial charge in [-0.25, -0.2) is 9.59 Å². The van der Waals surface area contributed by atoms with Gasteiger partial charge in [0.2, 0.25) is 5.78 Å². The summed E-state index contributed by atoms with van der Waals surface area (Å²) >= 11 is 0. The Morgan fingerprint density at radius 1 is 0.821 bits per heavy atom. The zero-order valence-electron chi connectivity index (χ0n) is 17.9. The molecule has 0 aliphatic rings. The monoisotopic (exact) mass is 390 g/mol. The van der Waals surface area contributed by atoms with Crippen LogP contribution in [0, 0.1) is 0 Å². The predicted octanol–water partition coefficient (Wildman–Crippen LogP) is 4.44. The van der Waals surface area contributed by atoms with Gasteiger partial charge in [-0.05, 0) is 41.5 Å². The van der Waals surface area contributed by atoms with E-state index in [4.69, 9.17) is 9.47 Å². The Morgan fingerprint density at radius 2 is 1.25 bits per heavy atom. The van der Waals surface area contributed by atoms with E-state index in [-0.39, 0.29) is 5.70 Å². The molecule has 1 rings (SSSR count). The highest BCUT2D eigenvalue weighted by molar-refractivity contribution is 6.12. The third kappa shape index (κ3) is 7.42. The molecule has 1 aromatic carbocycles. The largest absolute Gasteiger partial charge is 0.443 e. The number of hydrogen-bond acceptors (Lipinski definition) is 6. The Kier molecular flexibility index (Phi) is 7.38. The number of nitrogens with zero attached hydrogens (tertiary/aromatic N) is 2. The number of carbonyl (C=O) groups excluding carboxylic acids is 3. The van der Waals surface area contributed by atoms with Crippen molar-refractivity contribution in [3.05, 3.63) is 47.8 Å². The molecule has 0 atom stereocenters. The number of allylic oxidation sites excluding steroid dienone is 1. The zero-order valence-corrected chi connectivity index (χ0v) is 17.9. The van der Waals surface area contributed by atoms with Crippen molar-refractivity contribution < 1.29 is 23.9 Å². The number of rotatable bonds is 4. The number of carbonyl (C=O) groups is 3. The molecular formula is C21H30N2O5. The molecular weight excluding hydrogens is 360 g/mol. The van der Waals surface area contributed by atoms with E-state index in [0.29, 0.717) is 10.5 Å². The van der Waals surface area contributed by atoms with Crippen molar-refractivity contribution in [2.75, 3.05) is 14.1 Å². The van der Waals surface area contributed by atoms with Crippen molar-refractivity contribution in [3.63, 3.8) is 0 Å². The predicted molar refractivity (Wildman–Crippen MR) is 107 cm³/mol. The SMILES string of the molecule is CN(C)/C=C(/C(=O)c1ccccc1)N(C(=O)OC(C)(C)C)C(=O)OC(C)(C)C. The lowest BCUT2D eigenvalue weighted by atomic mass is 10.1. The van der Waals surface area contributed by atoms with Crippen molar-refractivity contribution in [2.24, 2.45) is 0 Å². The van der Waals surface area contributed by atoms with E-state index in [0.717, 1.165) is 0 Å². The quantitative estimate of drug-likeness (QED) is 0.559. The molecule has 0 saturated carbocycles. The van der Waals surface area contributed by atoms with Crippen molar-refractivity contribution in [1.82, 2.24) is 9.80 Å². The van der Waals surface area contributed by atoms with Crippen molar-refractivity contribution >= 4 is 18.0 Å². The molecule has 7 heteroatoms. The summed E-state index contributed by atoms with van der Waals surface area (Å²) in [6.45, 7) is 10.0. The van der Waals surface area contributed by atoms with Gasteiger partial charge in [-0.15, -0.1) is 0 Å². The zero-order chi connectivity index (χ0) is 21.7. The molecule has 0 radical (unpaired) electrons. The first-order valence-electron chi connectivity index (χ1n) is 8.95. The summed E-state index contributed by atoms with van der Waals surface area (Å²) in [7, 11) is 3.36. The van der Waals surface area contributed by atoms with E-state index in [2.05, 4.69) is 0 Å². The maximum Gasteiger partial charge on any atom is 0.424 e. The summed E-state index contributed by atoms with van der Waals surface area (Å²) in [4.78, 5) is 41.0. The summed E-state index contributed by atoms with van der Waals surface area (Å²) in [6.07, 6.45) is -0.582. The third-order valence-corrected chi connectivity index (χ3v) is 3.04. The second-order valence-corrected chi connectivity index (χ2v) is 8.47. The number of amides is 2. The average Bonchev–Trinajstić information content (AvgIpc) is 2.50. The van der Waals surface area contributed by atoms with Gasteiger partial charge in [0, 0.05) is 25.9 Å². The number of ether oxygens (including phenoxy) is 2. The van der Waals surface area contributed by atoms with Crippen LogP contribution < -0.4 is 0 Å². The fourth-order valence-corrected chi connectivity index (χ4v) is 2.09. The van der Waals surface area contributed by atoms with Gasteiger partial charge in [-0.1, -0.05) is 30.3 Å². The lowest BCUT2D eigenvalue weighted by Crippen LogP contribution is -2.45. The van der Waals surface area contributed by atoms with Crippen LogP contribution >= 0.6 is 0 Å². The van der Waals surface area contributed by atoms with Crippen LogP contribution in [0.1, 0.15) is 51.9 Å². The van der Waals surface area contributed by atoms with Crippen LogP contribution in [0.4, 0.5) is 9.59 Å². The Hall–Kier alpha value is -2.83. The minimum absolute atomic E-state index is 0.167. The molecule has 0 aliphatic heterocycles. The van der Waals surface area contributed by atoms with E-state index in [1.54, 1.807) is 90.9 Å². The second kappa shape index (κ2) is 8.91. The van der Waals surface area contributed by atoms with E-state index in [1.807, 2.05) is 0 Å². The van der Waals surface area contributed by atoms with E-state index < -0.39 is 29.2 Å². The maximum absolute atomic E-state index is 13.1. The van der Waals surface area contributed by atoms with Crippen LogP contribution in [0.5, 0.6) is 0 Å². The standard InChI is InChI=1S/C21H30N2O5/c1-20(2,3)27-18(25)23(19(26)28-21(4,5)6)16(14-22(7)8)17(24)15-12-10-9-11-13-15/h9-14H,1-8H3/b16-14-. The summed E-state index contributed by atoms with van der Waals surface area (Å²) in [5.41, 5.74) is -1.57. The molecule has 0 aliphatic carbocycles. The normalized spacial score (nSPS) is 12.2. The molecule has 0 unspecified atom stereocenters. The first-order valence-corrected chi connectivity index (χ1v) is 8.95. The van der Waals surface area contributed by atoms with Crippen LogP contribution in [-0.2, 0) is 9.47 Å². The Morgan fingerprint density at radius 3 is 1.61 bits per heavy atom. The summed E-state index contributed by atoms with van der Waals surface area (Å²) in [5.74, 6) is -0.508. The number of imide groups is 1. The van der Waals surface area contributed by atoms with E-state index >= 15 is 0 Å². The molecule has 0 N–H and O–H groups in total. The molecule has 7 nitrogen and oxygen atoms in total. The maximum atomic E-state index is 13.1. The van der Waals surface area contributed by atoms with Crippen LogP contribution in [-0.4, -0.2) is 53.1 Å². The molecule has 0 saturated heterocycles. The van der Waals surface area contributed by atoms with Gasteiger partial charge < -0.3 is 14.4 Å². The van der Waals surface area contributed by atoms with E-state index in [1.165, 1.54) is 6.20 Å². The first-order chi connectivity index (χ1) is 12.7. The highest BCUT2D eigenvalue weighted by atomic mass is 16.6. The lowest BCUT2D eigenvalue weighted by Gasteiger charge is -2.29. The van der Waals surface area contributed by atoms with Crippen molar-refractivity contribution in [3.8, 4) is 0 Å². The van der Waals surface area contributed by atoms with Gasteiger partial charge in [-0.3, -0.25) is 4.79 Å². The minimum Gasteiger partial charge on any atom is -0.443 e. The molecule has 0 heterocycles. The number of Topliss-reactive ketones (excluding diaryl/α,β-unsaturated/α-hetero) is 1. The molecule has 0 fully saturated rings. The average molecular weight is 390 g/mol. The Bertz CT molecular complexity index is 712. The summed E-state index contributed by atoms with van der Waals surface area (Å²) in [6, 6.07) is 8.38. The minimum atomic E-state index is -0.987. The Labute approximate surface area is 166 Å². The van der Waals surface area contributed by atoms with Gasteiger partial charge in [0.1, 0.15) is 16.9 Å². The molecule has 154 valence electrons. The second-order valence-electron chi connectivity index (χ2n) is 8.47. The third-order valence-electron chi connectivity index (χ3n) is 3.04. The molecule has 1 aromatic rings. The highest BCUT2D eigenvalue weighted by Crippen LogP contribution is 2.21. The van der Waals surface area contributed by atoms with Gasteiger partial charge in [0.15, 0.2) is 0 Å². The molecule has 0 aromatic heterocycles. The molecule has 0 spiro atoms. The van der Waals surface area contributed by atoms with Crippen molar-refractivity contribution in [2.45, 2.75) is 52.7 Å².